The van der Waals surface area contributed by atoms with Gasteiger partial charge in [-0.1, -0.05) is 0 Å². The average molecular weight is 254 g/mol. The minimum atomic E-state index is -0.751. The number of hydrogen-bond acceptors (Lipinski definition) is 5. The lowest BCUT2D eigenvalue weighted by Crippen LogP contribution is -2.45. The van der Waals surface area contributed by atoms with E-state index in [1.807, 2.05) is 27.7 Å². The molecule has 0 aromatic carbocycles. The summed E-state index contributed by atoms with van der Waals surface area (Å²) in [4.78, 5) is 12.0. The van der Waals surface area contributed by atoms with E-state index < -0.39 is 23.8 Å². The Labute approximate surface area is 106 Å². The van der Waals surface area contributed by atoms with Crippen LogP contribution < -0.4 is 0 Å². The molecule has 100 valence electrons. The summed E-state index contributed by atoms with van der Waals surface area (Å²) in [7, 11) is 0. The second-order valence-corrected chi connectivity index (χ2v) is 5.88. The van der Waals surface area contributed by atoms with Gasteiger partial charge >= 0.3 is 0 Å². The van der Waals surface area contributed by atoms with E-state index >= 15 is 0 Å². The third-order valence-electron chi connectivity index (χ3n) is 3.36. The van der Waals surface area contributed by atoms with Crippen molar-refractivity contribution in [2.75, 3.05) is 6.61 Å². The average Bonchev–Trinajstić information content (AvgIpc) is 2.56. The molecule has 2 heterocycles. The van der Waals surface area contributed by atoms with E-state index in [2.05, 4.69) is 0 Å². The minimum absolute atomic E-state index is 0.0382. The molecular weight excluding hydrogens is 236 g/mol. The summed E-state index contributed by atoms with van der Waals surface area (Å²) in [5.41, 5.74) is 0.877. The molecule has 1 saturated heterocycles. The zero-order chi connectivity index (χ0) is 13.1. The lowest BCUT2D eigenvalue weighted by molar-refractivity contribution is -0.216. The smallest absolute Gasteiger partial charge is 0.204 e. The largest absolute Gasteiger partial charge is 0.464 e. The first-order valence-electron chi connectivity index (χ1n) is 6.21. The molecule has 0 aromatic heterocycles. The van der Waals surface area contributed by atoms with Gasteiger partial charge in [-0.25, -0.2) is 0 Å². The highest BCUT2D eigenvalue weighted by molar-refractivity contribution is 5.88. The topological polar surface area (TPSA) is 54.0 Å². The third-order valence-corrected chi connectivity index (χ3v) is 3.36. The summed E-state index contributed by atoms with van der Waals surface area (Å²) >= 11 is 0. The van der Waals surface area contributed by atoms with Gasteiger partial charge in [-0.15, -0.1) is 0 Å². The normalized spacial score (nSPS) is 37.0. The summed E-state index contributed by atoms with van der Waals surface area (Å²) in [6.45, 7) is 7.74. The fourth-order valence-electron chi connectivity index (χ4n) is 2.60. The van der Waals surface area contributed by atoms with Gasteiger partial charge in [0.1, 0.15) is 5.76 Å². The van der Waals surface area contributed by atoms with Gasteiger partial charge in [0.05, 0.1) is 6.61 Å². The summed E-state index contributed by atoms with van der Waals surface area (Å²) in [6.07, 6.45) is -0.654. The summed E-state index contributed by atoms with van der Waals surface area (Å²) in [5.74, 6) is -0.670. The van der Waals surface area contributed by atoms with Gasteiger partial charge in [0.2, 0.25) is 5.79 Å². The highest BCUT2D eigenvalue weighted by Crippen LogP contribution is 2.42. The van der Waals surface area contributed by atoms with Crippen molar-refractivity contribution in [1.82, 2.24) is 0 Å². The van der Waals surface area contributed by atoms with Gasteiger partial charge < -0.3 is 18.9 Å². The lowest BCUT2D eigenvalue weighted by atomic mass is 9.91. The SMILES string of the molecule is CC1(C)OCC2=C(O1)[C@@H]1OC(C)(C)O[C@@H]1C(=O)C2. The number of carbonyl (C=O) groups is 1. The first-order chi connectivity index (χ1) is 8.27. The Kier molecular flexibility index (Phi) is 2.40. The monoisotopic (exact) mass is 254 g/mol. The second-order valence-electron chi connectivity index (χ2n) is 5.88. The number of rotatable bonds is 0. The molecule has 0 amide bonds. The van der Waals surface area contributed by atoms with Crippen LogP contribution in [0.25, 0.3) is 0 Å². The van der Waals surface area contributed by atoms with Crippen LogP contribution in [-0.2, 0) is 23.7 Å². The Morgan fingerprint density at radius 3 is 2.44 bits per heavy atom. The van der Waals surface area contributed by atoms with Gasteiger partial charge in [0.15, 0.2) is 23.8 Å². The van der Waals surface area contributed by atoms with Crippen LogP contribution in [0.15, 0.2) is 11.3 Å². The fourth-order valence-corrected chi connectivity index (χ4v) is 2.60. The molecule has 0 saturated carbocycles. The molecule has 3 aliphatic rings. The van der Waals surface area contributed by atoms with E-state index in [0.29, 0.717) is 13.0 Å². The zero-order valence-corrected chi connectivity index (χ0v) is 11.1. The standard InChI is InChI=1S/C13H18O5/c1-12(2)15-6-7-5-8(14)10-11(9(7)16-12)18-13(3,4)17-10/h10-11H,5-6H2,1-4H3/t10-,11+/m1/s1. The summed E-state index contributed by atoms with van der Waals surface area (Å²) in [5, 5.41) is 0. The lowest BCUT2D eigenvalue weighted by Gasteiger charge is -2.38. The molecular formula is C13H18O5. The van der Waals surface area contributed by atoms with Crippen molar-refractivity contribution in [1.29, 1.82) is 0 Å². The summed E-state index contributed by atoms with van der Waals surface area (Å²) < 4.78 is 22.8. The van der Waals surface area contributed by atoms with E-state index in [1.165, 1.54) is 0 Å². The van der Waals surface area contributed by atoms with Crippen LogP contribution in [0.5, 0.6) is 0 Å². The van der Waals surface area contributed by atoms with Crippen molar-refractivity contribution in [2.45, 2.75) is 57.9 Å². The van der Waals surface area contributed by atoms with Gasteiger partial charge in [-0.05, 0) is 13.8 Å². The van der Waals surface area contributed by atoms with Crippen LogP contribution >= 0.6 is 0 Å². The van der Waals surface area contributed by atoms with E-state index in [-0.39, 0.29) is 5.78 Å². The Balaban J connectivity index is 1.97. The van der Waals surface area contributed by atoms with Crippen molar-refractivity contribution >= 4 is 5.78 Å². The van der Waals surface area contributed by atoms with Crippen LogP contribution in [0, 0.1) is 0 Å². The van der Waals surface area contributed by atoms with Crippen molar-refractivity contribution in [3.8, 4) is 0 Å². The van der Waals surface area contributed by atoms with E-state index in [4.69, 9.17) is 18.9 Å². The minimum Gasteiger partial charge on any atom is -0.464 e. The quantitative estimate of drug-likeness (QED) is 0.656. The number of hydrogen-bond donors (Lipinski definition) is 0. The molecule has 0 aromatic rings. The summed E-state index contributed by atoms with van der Waals surface area (Å²) in [6, 6.07) is 0. The van der Waals surface area contributed by atoms with E-state index in [0.717, 1.165) is 11.3 Å². The number of fused-ring (bicyclic) bond motifs is 2. The van der Waals surface area contributed by atoms with Crippen molar-refractivity contribution in [2.24, 2.45) is 0 Å². The maximum absolute atomic E-state index is 12.0. The molecule has 3 rings (SSSR count). The van der Waals surface area contributed by atoms with Crippen molar-refractivity contribution in [3.05, 3.63) is 11.3 Å². The molecule has 0 radical (unpaired) electrons. The first kappa shape index (κ1) is 12.1. The third kappa shape index (κ3) is 1.86. The molecule has 1 aliphatic carbocycles. The Hall–Kier alpha value is -0.910. The van der Waals surface area contributed by atoms with E-state index in [1.54, 1.807) is 0 Å². The van der Waals surface area contributed by atoms with E-state index in [9.17, 15) is 4.79 Å². The highest BCUT2D eigenvalue weighted by atomic mass is 16.8. The molecule has 5 nitrogen and oxygen atoms in total. The molecule has 0 unspecified atom stereocenters. The maximum Gasteiger partial charge on any atom is 0.204 e. The van der Waals surface area contributed by atoms with Crippen LogP contribution in [0.3, 0.4) is 0 Å². The van der Waals surface area contributed by atoms with Gasteiger partial charge in [-0.3, -0.25) is 4.79 Å². The van der Waals surface area contributed by atoms with Crippen LogP contribution in [0.4, 0.5) is 0 Å². The Bertz CT molecular complexity index is 435. The number of Topliss-reactive ketones (excluding diaryl/α,β-unsaturated/α-hetero) is 1. The number of ketones is 1. The Morgan fingerprint density at radius 2 is 1.72 bits per heavy atom. The van der Waals surface area contributed by atoms with Crippen LogP contribution in [0.2, 0.25) is 0 Å². The van der Waals surface area contributed by atoms with Crippen LogP contribution in [-0.4, -0.2) is 36.2 Å². The van der Waals surface area contributed by atoms with Gasteiger partial charge in [-0.2, -0.15) is 0 Å². The molecule has 1 fully saturated rings. The molecule has 5 heteroatoms. The predicted molar refractivity (Wildman–Crippen MR) is 61.6 cm³/mol. The number of ether oxygens (including phenoxy) is 4. The fraction of sp³-hybridized carbons (Fsp3) is 0.769. The molecule has 0 bridgehead atoms. The number of carbonyl (C=O) groups excluding carboxylic acids is 1. The second kappa shape index (κ2) is 3.56. The Morgan fingerprint density at radius 1 is 1.06 bits per heavy atom. The van der Waals surface area contributed by atoms with Crippen molar-refractivity contribution in [3.63, 3.8) is 0 Å². The predicted octanol–water partition coefficient (Wildman–Crippen LogP) is 1.52. The van der Waals surface area contributed by atoms with Gasteiger partial charge in [0, 0.05) is 25.8 Å². The van der Waals surface area contributed by atoms with Gasteiger partial charge in [0.25, 0.3) is 0 Å². The molecule has 0 N–H and O–H groups in total. The first-order valence-corrected chi connectivity index (χ1v) is 6.21. The molecule has 2 atom stereocenters. The highest BCUT2D eigenvalue weighted by Gasteiger charge is 2.52. The molecule has 0 spiro atoms. The molecule has 2 aliphatic heterocycles. The van der Waals surface area contributed by atoms with Crippen LogP contribution in [0.1, 0.15) is 34.1 Å². The zero-order valence-electron chi connectivity index (χ0n) is 11.1. The van der Waals surface area contributed by atoms with Crippen molar-refractivity contribution < 1.29 is 23.7 Å². The molecule has 18 heavy (non-hydrogen) atoms. The maximum atomic E-state index is 12.0.